The molecule has 0 aromatic carbocycles. The number of carboxylic acid groups (broad SMARTS) is 1. The Morgan fingerprint density at radius 2 is 1.22 bits per heavy atom. The SMILES string of the molecule is O=C(O)C(=O)CCCCCCC1OC1CCCCCCCCO. The molecule has 0 saturated carbocycles. The Bertz CT molecular complexity index is 342. The first-order valence-electron chi connectivity index (χ1n) is 9.17. The number of Topliss-reactive ketones (excluding diaryl/α,β-unsaturated/α-hetero) is 1. The van der Waals surface area contributed by atoms with E-state index in [0.29, 0.717) is 25.2 Å². The van der Waals surface area contributed by atoms with E-state index >= 15 is 0 Å². The van der Waals surface area contributed by atoms with Crippen LogP contribution in [-0.4, -0.2) is 40.8 Å². The number of carboxylic acids is 1. The number of carbonyl (C=O) groups excluding carboxylic acids is 1. The fourth-order valence-corrected chi connectivity index (χ4v) is 2.94. The molecule has 0 aliphatic carbocycles. The first-order valence-corrected chi connectivity index (χ1v) is 9.17. The van der Waals surface area contributed by atoms with Crippen LogP contribution in [0.5, 0.6) is 0 Å². The Labute approximate surface area is 139 Å². The van der Waals surface area contributed by atoms with Crippen molar-refractivity contribution in [2.75, 3.05) is 6.61 Å². The summed E-state index contributed by atoms with van der Waals surface area (Å²) in [6, 6.07) is 0. The summed E-state index contributed by atoms with van der Waals surface area (Å²) < 4.78 is 5.67. The molecule has 1 aliphatic heterocycles. The van der Waals surface area contributed by atoms with E-state index in [-0.39, 0.29) is 6.42 Å². The lowest BCUT2D eigenvalue weighted by Crippen LogP contribution is -2.11. The minimum absolute atomic E-state index is 0.163. The molecule has 0 spiro atoms. The number of epoxide rings is 1. The molecular weight excluding hydrogens is 296 g/mol. The number of hydrogen-bond donors (Lipinski definition) is 2. The number of rotatable bonds is 16. The maximum absolute atomic E-state index is 10.9. The lowest BCUT2D eigenvalue weighted by atomic mass is 10.0. The standard InChI is InChI=1S/C18H32O5/c19-14-10-6-2-1-3-8-12-16-17(23-16)13-9-5-4-7-11-15(20)18(21)22/h16-17,19H,1-14H2,(H,21,22). The Balaban J connectivity index is 1.81. The minimum atomic E-state index is -1.31. The van der Waals surface area contributed by atoms with Crippen molar-refractivity contribution in [2.24, 2.45) is 0 Å². The number of ketones is 1. The zero-order valence-corrected chi connectivity index (χ0v) is 14.2. The van der Waals surface area contributed by atoms with Crippen molar-refractivity contribution >= 4 is 11.8 Å². The van der Waals surface area contributed by atoms with Gasteiger partial charge in [0, 0.05) is 13.0 Å². The molecule has 0 amide bonds. The van der Waals surface area contributed by atoms with Crippen LogP contribution in [0.3, 0.4) is 0 Å². The summed E-state index contributed by atoms with van der Waals surface area (Å²) in [5.74, 6) is -1.99. The molecule has 23 heavy (non-hydrogen) atoms. The van der Waals surface area contributed by atoms with Gasteiger partial charge in [-0.25, -0.2) is 4.79 Å². The number of hydrogen-bond acceptors (Lipinski definition) is 4. The van der Waals surface area contributed by atoms with Gasteiger partial charge in [0.15, 0.2) is 0 Å². The van der Waals surface area contributed by atoms with Crippen LogP contribution in [0.4, 0.5) is 0 Å². The van der Waals surface area contributed by atoms with E-state index in [2.05, 4.69) is 0 Å². The van der Waals surface area contributed by atoms with Crippen molar-refractivity contribution in [1.82, 2.24) is 0 Å². The molecule has 1 fully saturated rings. The van der Waals surface area contributed by atoms with Crippen molar-refractivity contribution < 1.29 is 24.5 Å². The lowest BCUT2D eigenvalue weighted by molar-refractivity contribution is -0.149. The molecular formula is C18H32O5. The highest BCUT2D eigenvalue weighted by Gasteiger charge is 2.36. The van der Waals surface area contributed by atoms with Gasteiger partial charge < -0.3 is 14.9 Å². The van der Waals surface area contributed by atoms with Gasteiger partial charge in [-0.3, -0.25) is 4.79 Å². The summed E-state index contributed by atoms with van der Waals surface area (Å²) in [4.78, 5) is 21.3. The molecule has 1 aliphatic rings. The Kier molecular flexibility index (Phi) is 10.9. The molecule has 2 N–H and O–H groups in total. The Hall–Kier alpha value is -0.940. The van der Waals surface area contributed by atoms with Crippen molar-refractivity contribution in [2.45, 2.75) is 95.7 Å². The number of aliphatic hydroxyl groups excluding tert-OH is 1. The van der Waals surface area contributed by atoms with Crippen molar-refractivity contribution in [3.63, 3.8) is 0 Å². The van der Waals surface area contributed by atoms with E-state index in [0.717, 1.165) is 44.9 Å². The van der Waals surface area contributed by atoms with Gasteiger partial charge in [-0.2, -0.15) is 0 Å². The molecule has 0 bridgehead atoms. The number of ether oxygens (including phenoxy) is 1. The maximum Gasteiger partial charge on any atom is 0.372 e. The van der Waals surface area contributed by atoms with Gasteiger partial charge in [-0.15, -0.1) is 0 Å². The summed E-state index contributed by atoms with van der Waals surface area (Å²) in [5, 5.41) is 17.2. The van der Waals surface area contributed by atoms with Gasteiger partial charge in [0.1, 0.15) is 0 Å². The second-order valence-electron chi connectivity index (χ2n) is 6.53. The summed E-state index contributed by atoms with van der Waals surface area (Å²) in [7, 11) is 0. The average Bonchev–Trinajstić information content (AvgIpc) is 3.27. The number of unbranched alkanes of at least 4 members (excludes halogenated alkanes) is 8. The zero-order valence-electron chi connectivity index (χ0n) is 14.2. The minimum Gasteiger partial charge on any atom is -0.476 e. The summed E-state index contributed by atoms with van der Waals surface area (Å²) >= 11 is 0. The first kappa shape index (κ1) is 20.1. The Morgan fingerprint density at radius 1 is 0.739 bits per heavy atom. The molecule has 0 aromatic heterocycles. The molecule has 5 heteroatoms. The van der Waals surface area contributed by atoms with Gasteiger partial charge in [-0.05, 0) is 25.7 Å². The molecule has 5 nitrogen and oxygen atoms in total. The number of carbonyl (C=O) groups is 2. The summed E-state index contributed by atoms with van der Waals surface area (Å²) in [6.07, 6.45) is 14.1. The molecule has 1 heterocycles. The van der Waals surface area contributed by atoms with E-state index < -0.39 is 11.8 Å². The van der Waals surface area contributed by atoms with Crippen LogP contribution in [0.15, 0.2) is 0 Å². The smallest absolute Gasteiger partial charge is 0.372 e. The fraction of sp³-hybridized carbons (Fsp3) is 0.889. The third-order valence-corrected chi connectivity index (χ3v) is 4.47. The highest BCUT2D eigenvalue weighted by Crippen LogP contribution is 2.31. The van der Waals surface area contributed by atoms with Crippen LogP contribution in [0.2, 0.25) is 0 Å². The van der Waals surface area contributed by atoms with Crippen LogP contribution >= 0.6 is 0 Å². The van der Waals surface area contributed by atoms with Gasteiger partial charge in [-0.1, -0.05) is 51.4 Å². The maximum atomic E-state index is 10.9. The highest BCUT2D eigenvalue weighted by molar-refractivity contribution is 6.32. The summed E-state index contributed by atoms with van der Waals surface area (Å²) in [6.45, 7) is 0.313. The molecule has 1 rings (SSSR count). The van der Waals surface area contributed by atoms with Crippen molar-refractivity contribution in [3.8, 4) is 0 Å². The first-order chi connectivity index (χ1) is 11.1. The van der Waals surface area contributed by atoms with E-state index in [1.807, 2.05) is 0 Å². The second-order valence-corrected chi connectivity index (χ2v) is 6.53. The van der Waals surface area contributed by atoms with Gasteiger partial charge in [0.2, 0.25) is 5.78 Å². The largest absolute Gasteiger partial charge is 0.476 e. The molecule has 1 saturated heterocycles. The van der Waals surface area contributed by atoms with Crippen LogP contribution in [0, 0.1) is 0 Å². The number of aliphatic carboxylic acids is 1. The summed E-state index contributed by atoms with van der Waals surface area (Å²) in [5.41, 5.74) is 0. The fourth-order valence-electron chi connectivity index (χ4n) is 2.94. The second kappa shape index (κ2) is 12.5. The third-order valence-electron chi connectivity index (χ3n) is 4.47. The predicted molar refractivity (Wildman–Crippen MR) is 88.4 cm³/mol. The van der Waals surface area contributed by atoms with E-state index in [1.165, 1.54) is 25.7 Å². The van der Waals surface area contributed by atoms with Crippen molar-refractivity contribution in [3.05, 3.63) is 0 Å². The molecule has 2 atom stereocenters. The van der Waals surface area contributed by atoms with Crippen LogP contribution < -0.4 is 0 Å². The zero-order chi connectivity index (χ0) is 16.9. The molecule has 0 radical (unpaired) electrons. The highest BCUT2D eigenvalue weighted by atomic mass is 16.6. The quantitative estimate of drug-likeness (QED) is 0.257. The van der Waals surface area contributed by atoms with Gasteiger partial charge >= 0.3 is 5.97 Å². The van der Waals surface area contributed by atoms with Crippen molar-refractivity contribution in [1.29, 1.82) is 0 Å². The monoisotopic (exact) mass is 328 g/mol. The Morgan fingerprint density at radius 3 is 1.74 bits per heavy atom. The lowest BCUT2D eigenvalue weighted by Gasteiger charge is -2.00. The number of aliphatic hydroxyl groups is 1. The molecule has 134 valence electrons. The van der Waals surface area contributed by atoms with E-state index in [9.17, 15) is 9.59 Å². The normalized spacial score (nSPS) is 19.7. The predicted octanol–water partition coefficient (Wildman–Crippen LogP) is 3.47. The molecule has 0 aromatic rings. The van der Waals surface area contributed by atoms with E-state index in [4.69, 9.17) is 14.9 Å². The van der Waals surface area contributed by atoms with Crippen LogP contribution in [0.25, 0.3) is 0 Å². The van der Waals surface area contributed by atoms with Gasteiger partial charge in [0.25, 0.3) is 0 Å². The average molecular weight is 328 g/mol. The van der Waals surface area contributed by atoms with Crippen LogP contribution in [-0.2, 0) is 14.3 Å². The van der Waals surface area contributed by atoms with Gasteiger partial charge in [0.05, 0.1) is 12.2 Å². The molecule has 2 unspecified atom stereocenters. The topological polar surface area (TPSA) is 87.1 Å². The van der Waals surface area contributed by atoms with Crippen LogP contribution in [0.1, 0.15) is 83.5 Å². The van der Waals surface area contributed by atoms with E-state index in [1.54, 1.807) is 0 Å². The third kappa shape index (κ3) is 10.4.